The molecule has 2 atom stereocenters. The van der Waals surface area contributed by atoms with Crippen LogP contribution in [-0.2, 0) is 20.9 Å². The Labute approximate surface area is 161 Å². The zero-order valence-corrected chi connectivity index (χ0v) is 16.1. The summed E-state index contributed by atoms with van der Waals surface area (Å²) >= 11 is 0. The van der Waals surface area contributed by atoms with Gasteiger partial charge in [0.1, 0.15) is 6.61 Å². The van der Waals surface area contributed by atoms with Gasteiger partial charge in [-0.25, -0.2) is 4.79 Å². The molecular weight excluding hydrogens is 344 g/mol. The zero-order chi connectivity index (χ0) is 19.5. The SMILES string of the molecule is C=CCNC(CC(=O)OCC)C1CCCN(C(=O)OCc2ccccc2)C1. The number of amides is 1. The van der Waals surface area contributed by atoms with E-state index >= 15 is 0 Å². The Balaban J connectivity index is 1.91. The summed E-state index contributed by atoms with van der Waals surface area (Å²) in [6.07, 6.45) is 3.60. The normalized spacial score (nSPS) is 17.8. The van der Waals surface area contributed by atoms with Crippen LogP contribution in [0.1, 0.15) is 31.7 Å². The lowest BCUT2D eigenvalue weighted by Gasteiger charge is -2.36. The molecular formula is C21H30N2O4. The van der Waals surface area contributed by atoms with Gasteiger partial charge >= 0.3 is 12.1 Å². The third-order valence-corrected chi connectivity index (χ3v) is 4.71. The molecule has 0 aromatic heterocycles. The fraction of sp³-hybridized carbons (Fsp3) is 0.524. The molecule has 2 rings (SSSR count). The molecule has 0 radical (unpaired) electrons. The van der Waals surface area contributed by atoms with Gasteiger partial charge < -0.3 is 19.7 Å². The second kappa shape index (κ2) is 11.4. The van der Waals surface area contributed by atoms with E-state index in [1.165, 1.54) is 0 Å². The average molecular weight is 374 g/mol. The van der Waals surface area contributed by atoms with Gasteiger partial charge in [0, 0.05) is 25.7 Å². The van der Waals surface area contributed by atoms with Gasteiger partial charge in [0.05, 0.1) is 13.0 Å². The Morgan fingerprint density at radius 2 is 2.11 bits per heavy atom. The first-order valence-corrected chi connectivity index (χ1v) is 9.59. The Bertz CT molecular complexity index is 605. The van der Waals surface area contributed by atoms with Gasteiger partial charge in [-0.15, -0.1) is 6.58 Å². The number of piperidine rings is 1. The van der Waals surface area contributed by atoms with Crippen LogP contribution in [-0.4, -0.2) is 49.2 Å². The number of likely N-dealkylation sites (tertiary alicyclic amines) is 1. The van der Waals surface area contributed by atoms with Gasteiger partial charge in [-0.3, -0.25) is 4.79 Å². The fourth-order valence-electron chi connectivity index (χ4n) is 3.35. The van der Waals surface area contributed by atoms with Crippen molar-refractivity contribution in [3.8, 4) is 0 Å². The van der Waals surface area contributed by atoms with Gasteiger partial charge in [-0.1, -0.05) is 36.4 Å². The minimum atomic E-state index is -0.304. The van der Waals surface area contributed by atoms with Crippen molar-refractivity contribution in [2.75, 3.05) is 26.2 Å². The van der Waals surface area contributed by atoms with Crippen LogP contribution in [0.25, 0.3) is 0 Å². The molecule has 6 nitrogen and oxygen atoms in total. The van der Waals surface area contributed by atoms with Crippen LogP contribution in [0.15, 0.2) is 43.0 Å². The van der Waals surface area contributed by atoms with Crippen molar-refractivity contribution in [3.63, 3.8) is 0 Å². The molecule has 1 aliphatic rings. The van der Waals surface area contributed by atoms with E-state index in [2.05, 4.69) is 11.9 Å². The topological polar surface area (TPSA) is 67.9 Å². The largest absolute Gasteiger partial charge is 0.466 e. The monoisotopic (exact) mass is 374 g/mol. The highest BCUT2D eigenvalue weighted by Gasteiger charge is 2.31. The number of benzene rings is 1. The predicted octanol–water partition coefficient (Wildman–Crippen LogP) is 3.13. The summed E-state index contributed by atoms with van der Waals surface area (Å²) in [5, 5.41) is 3.35. The van der Waals surface area contributed by atoms with E-state index in [-0.39, 0.29) is 30.6 Å². The molecule has 0 saturated carbocycles. The Morgan fingerprint density at radius 3 is 2.81 bits per heavy atom. The van der Waals surface area contributed by atoms with Crippen molar-refractivity contribution in [2.45, 2.75) is 38.8 Å². The van der Waals surface area contributed by atoms with E-state index in [0.717, 1.165) is 18.4 Å². The molecule has 148 valence electrons. The molecule has 1 saturated heterocycles. The molecule has 1 heterocycles. The van der Waals surface area contributed by atoms with E-state index in [1.54, 1.807) is 17.9 Å². The number of carbonyl (C=O) groups is 2. The molecule has 1 aliphatic heterocycles. The highest BCUT2D eigenvalue weighted by molar-refractivity contribution is 5.70. The third-order valence-electron chi connectivity index (χ3n) is 4.71. The van der Waals surface area contributed by atoms with Crippen LogP contribution in [0, 0.1) is 5.92 Å². The quantitative estimate of drug-likeness (QED) is 0.531. The van der Waals surface area contributed by atoms with Crippen LogP contribution >= 0.6 is 0 Å². The minimum Gasteiger partial charge on any atom is -0.466 e. The van der Waals surface area contributed by atoms with Crippen molar-refractivity contribution >= 4 is 12.1 Å². The maximum Gasteiger partial charge on any atom is 0.410 e. The van der Waals surface area contributed by atoms with Gasteiger partial charge in [0.2, 0.25) is 0 Å². The molecule has 0 aliphatic carbocycles. The van der Waals surface area contributed by atoms with Crippen LogP contribution in [0.3, 0.4) is 0 Å². The number of hydrogen-bond acceptors (Lipinski definition) is 5. The molecule has 1 aromatic carbocycles. The minimum absolute atomic E-state index is 0.0493. The maximum atomic E-state index is 12.5. The maximum absolute atomic E-state index is 12.5. The molecule has 1 N–H and O–H groups in total. The number of nitrogens with zero attached hydrogens (tertiary/aromatic N) is 1. The van der Waals surface area contributed by atoms with Crippen molar-refractivity contribution < 1.29 is 19.1 Å². The van der Waals surface area contributed by atoms with Crippen LogP contribution in [0.5, 0.6) is 0 Å². The van der Waals surface area contributed by atoms with Crippen LogP contribution < -0.4 is 5.32 Å². The van der Waals surface area contributed by atoms with E-state index in [4.69, 9.17) is 9.47 Å². The Morgan fingerprint density at radius 1 is 1.33 bits per heavy atom. The first-order valence-electron chi connectivity index (χ1n) is 9.59. The molecule has 1 amide bonds. The van der Waals surface area contributed by atoms with Gasteiger partial charge in [0.25, 0.3) is 0 Å². The number of carbonyl (C=O) groups excluding carboxylic acids is 2. The van der Waals surface area contributed by atoms with Crippen molar-refractivity contribution in [1.29, 1.82) is 0 Å². The summed E-state index contributed by atoms with van der Waals surface area (Å²) in [4.78, 5) is 26.1. The molecule has 0 bridgehead atoms. The van der Waals surface area contributed by atoms with Gasteiger partial charge in [0.15, 0.2) is 0 Å². The molecule has 0 spiro atoms. The van der Waals surface area contributed by atoms with Crippen LogP contribution in [0.4, 0.5) is 4.79 Å². The second-order valence-corrected chi connectivity index (χ2v) is 6.70. The molecule has 1 fully saturated rings. The zero-order valence-electron chi connectivity index (χ0n) is 16.1. The highest BCUT2D eigenvalue weighted by atomic mass is 16.6. The first-order chi connectivity index (χ1) is 13.1. The first kappa shape index (κ1) is 21.0. The van der Waals surface area contributed by atoms with E-state index < -0.39 is 0 Å². The molecule has 27 heavy (non-hydrogen) atoms. The Hall–Kier alpha value is -2.34. The number of nitrogens with one attached hydrogen (secondary N) is 1. The fourth-order valence-corrected chi connectivity index (χ4v) is 3.35. The van der Waals surface area contributed by atoms with Crippen molar-refractivity contribution in [1.82, 2.24) is 10.2 Å². The average Bonchev–Trinajstić information content (AvgIpc) is 2.70. The summed E-state index contributed by atoms with van der Waals surface area (Å²) in [5.74, 6) is -0.0461. The molecule has 6 heteroatoms. The number of rotatable bonds is 9. The summed E-state index contributed by atoms with van der Waals surface area (Å²) in [6.45, 7) is 8.02. The van der Waals surface area contributed by atoms with Crippen molar-refractivity contribution in [2.24, 2.45) is 5.92 Å². The van der Waals surface area contributed by atoms with Crippen LogP contribution in [0.2, 0.25) is 0 Å². The van der Waals surface area contributed by atoms with E-state index in [0.29, 0.717) is 32.7 Å². The van der Waals surface area contributed by atoms with E-state index in [1.807, 2.05) is 30.3 Å². The summed E-state index contributed by atoms with van der Waals surface area (Å²) in [5.41, 5.74) is 0.965. The van der Waals surface area contributed by atoms with E-state index in [9.17, 15) is 9.59 Å². The van der Waals surface area contributed by atoms with Gasteiger partial charge in [-0.2, -0.15) is 0 Å². The Kier molecular flexibility index (Phi) is 8.84. The predicted molar refractivity (Wildman–Crippen MR) is 104 cm³/mol. The molecule has 1 aromatic rings. The molecule has 2 unspecified atom stereocenters. The highest BCUT2D eigenvalue weighted by Crippen LogP contribution is 2.23. The smallest absolute Gasteiger partial charge is 0.410 e. The standard InChI is InChI=1S/C21H30N2O4/c1-3-12-22-19(14-20(24)26-4-2)18-11-8-13-23(15-18)21(25)27-16-17-9-6-5-7-10-17/h3,5-7,9-10,18-19,22H,1,4,8,11-16H2,2H3. The lowest BCUT2D eigenvalue weighted by molar-refractivity contribution is -0.144. The summed E-state index contributed by atoms with van der Waals surface area (Å²) < 4.78 is 10.6. The third kappa shape index (κ3) is 7.06. The number of esters is 1. The van der Waals surface area contributed by atoms with Gasteiger partial charge in [-0.05, 0) is 31.2 Å². The van der Waals surface area contributed by atoms with Crippen molar-refractivity contribution in [3.05, 3.63) is 48.6 Å². The summed E-state index contributed by atoms with van der Waals surface area (Å²) in [6, 6.07) is 9.59. The lowest BCUT2D eigenvalue weighted by Crippen LogP contribution is -2.48. The lowest BCUT2D eigenvalue weighted by atomic mass is 9.89. The summed E-state index contributed by atoms with van der Waals surface area (Å²) in [7, 11) is 0. The second-order valence-electron chi connectivity index (χ2n) is 6.70. The number of hydrogen-bond donors (Lipinski definition) is 1. The number of ether oxygens (including phenoxy) is 2.